The van der Waals surface area contributed by atoms with E-state index in [1.807, 2.05) is 6.92 Å². The molecule has 0 aliphatic carbocycles. The van der Waals surface area contributed by atoms with Crippen LogP contribution >= 0.6 is 0 Å². The lowest BCUT2D eigenvalue weighted by Crippen LogP contribution is -2.26. The zero-order chi connectivity index (χ0) is 13.0. The number of aromatic nitrogens is 2. The first kappa shape index (κ1) is 13.3. The van der Waals surface area contributed by atoms with Gasteiger partial charge in [0.15, 0.2) is 0 Å². The quantitative estimate of drug-likeness (QED) is 0.807. The first-order valence-electron chi connectivity index (χ1n) is 6.08. The van der Waals surface area contributed by atoms with Crippen molar-refractivity contribution in [3.05, 3.63) is 22.8 Å². The van der Waals surface area contributed by atoms with E-state index in [1.54, 1.807) is 0 Å². The van der Waals surface area contributed by atoms with Gasteiger partial charge < -0.3 is 10.1 Å². The summed E-state index contributed by atoms with van der Waals surface area (Å²) in [5.41, 5.74) is 3.21. The number of alkyl halides is 2. The number of nitrogens with zero attached hydrogens (tertiary/aromatic N) is 2. The van der Waals surface area contributed by atoms with Crippen molar-refractivity contribution in [3.8, 4) is 0 Å². The fraction of sp³-hybridized carbons (Fsp3) is 0.667. The molecule has 2 rings (SSSR count). The average Bonchev–Trinajstić information content (AvgIpc) is 2.35. The van der Waals surface area contributed by atoms with Gasteiger partial charge in [-0.1, -0.05) is 0 Å². The van der Waals surface area contributed by atoms with Crippen LogP contribution < -0.4 is 5.32 Å². The molecule has 0 amide bonds. The van der Waals surface area contributed by atoms with Crippen molar-refractivity contribution in [3.63, 3.8) is 0 Å². The lowest BCUT2D eigenvalue weighted by Gasteiger charge is -2.18. The van der Waals surface area contributed by atoms with Gasteiger partial charge in [-0.2, -0.15) is 0 Å². The number of hydrogen-bond acceptors (Lipinski definition) is 4. The normalized spacial score (nSPS) is 14.9. The molecule has 0 unspecified atom stereocenters. The Labute approximate surface area is 105 Å². The molecule has 6 heteroatoms. The van der Waals surface area contributed by atoms with Gasteiger partial charge >= 0.3 is 0 Å². The minimum atomic E-state index is -2.41. The van der Waals surface area contributed by atoms with Crippen LogP contribution in [0.4, 0.5) is 8.78 Å². The molecule has 0 fully saturated rings. The Morgan fingerprint density at radius 2 is 2.22 bits per heavy atom. The van der Waals surface area contributed by atoms with Crippen LogP contribution in [0.15, 0.2) is 0 Å². The van der Waals surface area contributed by atoms with E-state index in [4.69, 9.17) is 4.74 Å². The maximum absolute atomic E-state index is 11.9. The third-order valence-electron chi connectivity index (χ3n) is 2.90. The van der Waals surface area contributed by atoms with Crippen molar-refractivity contribution >= 4 is 0 Å². The number of ether oxygens (including phenoxy) is 1. The van der Waals surface area contributed by atoms with Crippen LogP contribution in [0.5, 0.6) is 0 Å². The molecule has 18 heavy (non-hydrogen) atoms. The van der Waals surface area contributed by atoms with E-state index in [1.165, 1.54) is 5.56 Å². The van der Waals surface area contributed by atoms with Crippen molar-refractivity contribution in [2.24, 2.45) is 0 Å². The second kappa shape index (κ2) is 6.15. The number of hydrogen-bond donors (Lipinski definition) is 1. The molecule has 0 spiro atoms. The van der Waals surface area contributed by atoms with Crippen molar-refractivity contribution < 1.29 is 13.5 Å². The molecule has 0 bridgehead atoms. The highest BCUT2D eigenvalue weighted by molar-refractivity contribution is 5.27. The zero-order valence-electron chi connectivity index (χ0n) is 10.4. The molecule has 2 heterocycles. The van der Waals surface area contributed by atoms with Gasteiger partial charge in [-0.3, -0.25) is 0 Å². The predicted octanol–water partition coefficient (Wildman–Crippen LogP) is 1.25. The van der Waals surface area contributed by atoms with E-state index in [0.717, 1.165) is 30.9 Å². The van der Waals surface area contributed by atoms with E-state index in [-0.39, 0.29) is 6.61 Å². The van der Waals surface area contributed by atoms with E-state index >= 15 is 0 Å². The topological polar surface area (TPSA) is 47.0 Å². The third kappa shape index (κ3) is 3.43. The lowest BCUT2D eigenvalue weighted by atomic mass is 10.1. The number of halogens is 2. The molecule has 0 aromatic carbocycles. The minimum Gasteiger partial charge on any atom is -0.375 e. The fourth-order valence-electron chi connectivity index (χ4n) is 2.02. The zero-order valence-corrected chi connectivity index (χ0v) is 10.4. The number of rotatable bonds is 5. The summed E-state index contributed by atoms with van der Waals surface area (Å²) in [6, 6.07) is 0. The molecule has 1 aromatic heterocycles. The van der Waals surface area contributed by atoms with Gasteiger partial charge in [-0.05, 0) is 6.92 Å². The molecule has 0 saturated carbocycles. The number of aryl methyl sites for hydroxylation is 1. The largest absolute Gasteiger partial charge is 0.375 e. The first-order valence-corrected chi connectivity index (χ1v) is 6.08. The molecule has 100 valence electrons. The molecular formula is C12H17F2N3O. The van der Waals surface area contributed by atoms with Crippen molar-refractivity contribution in [1.29, 1.82) is 0 Å². The molecule has 1 aromatic rings. The summed E-state index contributed by atoms with van der Waals surface area (Å²) >= 11 is 0. The Bertz CT molecular complexity index is 413. The maximum Gasteiger partial charge on any atom is 0.261 e. The Morgan fingerprint density at radius 3 is 3.00 bits per heavy atom. The Kier molecular flexibility index (Phi) is 4.54. The van der Waals surface area contributed by atoms with Crippen LogP contribution in [0.2, 0.25) is 0 Å². The molecule has 0 atom stereocenters. The highest BCUT2D eigenvalue weighted by Gasteiger charge is 2.14. The van der Waals surface area contributed by atoms with Crippen LogP contribution in [-0.2, 0) is 24.1 Å². The van der Waals surface area contributed by atoms with Gasteiger partial charge in [0.25, 0.3) is 6.43 Å². The van der Waals surface area contributed by atoms with Gasteiger partial charge in [-0.15, -0.1) is 0 Å². The van der Waals surface area contributed by atoms with Gasteiger partial charge in [0, 0.05) is 37.2 Å². The first-order chi connectivity index (χ1) is 8.66. The summed E-state index contributed by atoms with van der Waals surface area (Å²) in [4.78, 5) is 8.86. The van der Waals surface area contributed by atoms with Crippen molar-refractivity contribution in [1.82, 2.24) is 15.3 Å². The van der Waals surface area contributed by atoms with Gasteiger partial charge in [-0.25, -0.2) is 18.7 Å². The van der Waals surface area contributed by atoms with E-state index in [2.05, 4.69) is 15.3 Å². The van der Waals surface area contributed by atoms with Crippen LogP contribution in [-0.4, -0.2) is 36.2 Å². The summed E-state index contributed by atoms with van der Waals surface area (Å²) in [6.45, 7) is 3.40. The molecule has 1 N–H and O–H groups in total. The summed E-state index contributed by atoms with van der Waals surface area (Å²) in [6.07, 6.45) is -1.04. The van der Waals surface area contributed by atoms with Crippen molar-refractivity contribution in [2.45, 2.75) is 32.7 Å². The molecular weight excluding hydrogens is 240 g/mol. The monoisotopic (exact) mass is 257 g/mol. The Balaban J connectivity index is 1.95. The van der Waals surface area contributed by atoms with Crippen molar-refractivity contribution in [2.75, 3.05) is 19.8 Å². The summed E-state index contributed by atoms with van der Waals surface area (Å²) in [5, 5.41) is 3.28. The van der Waals surface area contributed by atoms with Crippen LogP contribution in [0, 0.1) is 6.92 Å². The molecule has 1 aliphatic heterocycles. The van der Waals surface area contributed by atoms with Crippen LogP contribution in [0.3, 0.4) is 0 Å². The molecule has 4 nitrogen and oxygen atoms in total. The summed E-state index contributed by atoms with van der Waals surface area (Å²) in [5.74, 6) is 0.683. The minimum absolute atomic E-state index is 0.237. The molecule has 0 saturated heterocycles. The standard InChI is InChI=1S/C12H17F2N3O/c1-8-9-6-15-4-2-10(9)17-12(16-8)3-5-18-7-11(13)14/h11,15H,2-7H2,1H3. The number of nitrogens with one attached hydrogen (secondary N) is 1. The fourth-order valence-corrected chi connectivity index (χ4v) is 2.02. The van der Waals surface area contributed by atoms with E-state index in [0.29, 0.717) is 12.2 Å². The van der Waals surface area contributed by atoms with Crippen LogP contribution in [0.25, 0.3) is 0 Å². The highest BCUT2D eigenvalue weighted by atomic mass is 19.3. The SMILES string of the molecule is Cc1nc(CCOCC(F)F)nc2c1CNCC2. The van der Waals surface area contributed by atoms with Gasteiger partial charge in [0.05, 0.1) is 12.3 Å². The molecule has 0 radical (unpaired) electrons. The number of fused-ring (bicyclic) bond motifs is 1. The smallest absolute Gasteiger partial charge is 0.261 e. The maximum atomic E-state index is 11.9. The average molecular weight is 257 g/mol. The Morgan fingerprint density at radius 1 is 1.39 bits per heavy atom. The second-order valence-corrected chi connectivity index (χ2v) is 4.29. The van der Waals surface area contributed by atoms with E-state index < -0.39 is 13.0 Å². The summed E-state index contributed by atoms with van der Waals surface area (Å²) in [7, 11) is 0. The predicted molar refractivity (Wildman–Crippen MR) is 62.7 cm³/mol. The lowest BCUT2D eigenvalue weighted by molar-refractivity contribution is 0.0182. The van der Waals surface area contributed by atoms with E-state index in [9.17, 15) is 8.78 Å². The third-order valence-corrected chi connectivity index (χ3v) is 2.90. The Hall–Kier alpha value is -1.14. The molecule has 1 aliphatic rings. The highest BCUT2D eigenvalue weighted by Crippen LogP contribution is 2.15. The second-order valence-electron chi connectivity index (χ2n) is 4.29. The summed E-state index contributed by atoms with van der Waals surface area (Å²) < 4.78 is 28.6. The van der Waals surface area contributed by atoms with Gasteiger partial charge in [0.1, 0.15) is 12.4 Å². The van der Waals surface area contributed by atoms with Gasteiger partial charge in [0.2, 0.25) is 0 Å². The van der Waals surface area contributed by atoms with Crippen LogP contribution in [0.1, 0.15) is 22.8 Å².